The molecule has 0 bridgehead atoms. The van der Waals surface area contributed by atoms with Crippen LogP contribution in [0.3, 0.4) is 0 Å². The minimum absolute atomic E-state index is 0.153. The van der Waals surface area contributed by atoms with Crippen molar-refractivity contribution in [2.75, 3.05) is 19.4 Å². The van der Waals surface area contributed by atoms with E-state index in [1.165, 1.54) is 25.3 Å². The van der Waals surface area contributed by atoms with E-state index in [4.69, 9.17) is 10.5 Å². The Balaban J connectivity index is 2.26. The fourth-order valence-electron chi connectivity index (χ4n) is 4.27. The first kappa shape index (κ1) is 25.4. The Morgan fingerprint density at radius 2 is 1.53 bits per heavy atom. The molecule has 0 saturated heterocycles. The first-order chi connectivity index (χ1) is 14.4. The van der Waals surface area contributed by atoms with Crippen LogP contribution in [0.15, 0.2) is 29.2 Å². The predicted octanol–water partition coefficient (Wildman–Crippen LogP) is -5.62. The minimum atomic E-state index is -4.64. The number of aliphatic hydroxyl groups is 10. The molecule has 14 heteroatoms. The van der Waals surface area contributed by atoms with Crippen molar-refractivity contribution in [1.82, 2.24) is 0 Å². The first-order valence-electron chi connectivity index (χ1n) is 9.34. The van der Waals surface area contributed by atoms with Gasteiger partial charge < -0.3 is 61.5 Å². The zero-order chi connectivity index (χ0) is 24.6. The third kappa shape index (κ3) is 2.75. The van der Waals surface area contributed by atoms with Gasteiger partial charge in [0.05, 0.1) is 11.9 Å². The molecule has 12 N–H and O–H groups in total. The Bertz CT molecular complexity index is 1030. The Morgan fingerprint density at radius 3 is 2.06 bits per heavy atom. The van der Waals surface area contributed by atoms with E-state index in [2.05, 4.69) is 0 Å². The van der Waals surface area contributed by atoms with Crippen molar-refractivity contribution in [3.05, 3.63) is 29.8 Å². The third-order valence-corrected chi connectivity index (χ3v) is 8.94. The van der Waals surface area contributed by atoms with Crippen LogP contribution in [0.25, 0.3) is 0 Å². The summed E-state index contributed by atoms with van der Waals surface area (Å²) in [4.78, 5) is -0.153. The number of methoxy groups -OCH3 is 1. The topological polar surface area (TPSA) is 255 Å². The first-order valence-corrected chi connectivity index (χ1v) is 11.1. The van der Waals surface area contributed by atoms with Crippen LogP contribution in [0, 0.1) is 0 Å². The molecular formula is C18H27NO12S. The van der Waals surface area contributed by atoms with Gasteiger partial charge in [-0.25, -0.2) is 0 Å². The molecule has 1 aliphatic carbocycles. The van der Waals surface area contributed by atoms with Crippen molar-refractivity contribution in [3.8, 4) is 0 Å². The lowest BCUT2D eigenvalue weighted by Gasteiger charge is -2.62. The molecule has 4 unspecified atom stereocenters. The number of rotatable bonds is 5. The van der Waals surface area contributed by atoms with Crippen molar-refractivity contribution >= 4 is 14.9 Å². The van der Waals surface area contributed by atoms with Crippen LogP contribution < -0.4 is 5.73 Å². The summed E-state index contributed by atoms with van der Waals surface area (Å²) in [7, 11) is -2.55. The molecule has 1 heterocycles. The summed E-state index contributed by atoms with van der Waals surface area (Å²) in [6, 6.07) is 5.58. The van der Waals surface area contributed by atoms with Crippen LogP contribution in [-0.2, 0) is 14.3 Å². The highest BCUT2D eigenvalue weighted by atomic mass is 32.2. The van der Waals surface area contributed by atoms with E-state index in [0.717, 1.165) is 0 Å². The highest BCUT2D eigenvalue weighted by molar-refractivity contribution is 8.01. The Hall–Kier alpha value is -1.24. The third-order valence-electron chi connectivity index (χ3n) is 6.32. The van der Waals surface area contributed by atoms with Gasteiger partial charge in [0.15, 0.2) is 11.2 Å². The van der Waals surface area contributed by atoms with Crippen LogP contribution in [0.4, 0.5) is 0 Å². The Morgan fingerprint density at radius 1 is 0.969 bits per heavy atom. The van der Waals surface area contributed by atoms with Gasteiger partial charge in [0.1, 0.15) is 0 Å². The standard InChI is InChI=1S/C18H27NO12S/c1-31-12(5-6-19)10-3-2-4-11(7-10)32(30)8-13(20)14(21,9-32)16(24,25)18(28,29)17(26,27)15(13,22)23/h2-4,7-8,12,20-29H,5-6,9,19H2,1H3. The summed E-state index contributed by atoms with van der Waals surface area (Å²) < 4.78 is 19.1. The van der Waals surface area contributed by atoms with Gasteiger partial charge in [0.2, 0.25) is 0 Å². The highest BCUT2D eigenvalue weighted by Crippen LogP contribution is 2.57. The molecule has 1 aliphatic heterocycles. The second kappa shape index (κ2) is 7.13. The van der Waals surface area contributed by atoms with Gasteiger partial charge in [0, 0.05) is 26.9 Å². The lowest BCUT2D eigenvalue weighted by Crippen LogP contribution is -2.95. The summed E-state index contributed by atoms with van der Waals surface area (Å²) in [5, 5.41) is 103. The SMILES string of the molecule is COC(CCN)c1cccc(S2(=O)=CC3(O)C(O)(O)C(O)(O)C(O)(O)C(O)(O)C3(O)C2)c1. The highest BCUT2D eigenvalue weighted by Gasteiger charge is 2.91. The Labute approximate surface area is 182 Å². The average Bonchev–Trinajstić information content (AvgIpc) is 2.94. The van der Waals surface area contributed by atoms with Gasteiger partial charge in [-0.05, 0) is 30.7 Å². The zero-order valence-corrected chi connectivity index (χ0v) is 17.7. The molecule has 1 aromatic carbocycles. The van der Waals surface area contributed by atoms with Crippen LogP contribution in [0.1, 0.15) is 18.1 Å². The number of nitrogens with two attached hydrogens (primary N) is 1. The lowest BCUT2D eigenvalue weighted by molar-refractivity contribution is -0.575. The maximum Gasteiger partial charge on any atom is 0.283 e. The molecule has 4 atom stereocenters. The fourth-order valence-corrected chi connectivity index (χ4v) is 7.25. The lowest BCUT2D eigenvalue weighted by atomic mass is 9.60. The second-order valence-corrected chi connectivity index (χ2v) is 10.6. The van der Waals surface area contributed by atoms with Gasteiger partial charge >= 0.3 is 0 Å². The molecule has 0 spiro atoms. The van der Waals surface area contributed by atoms with Crippen LogP contribution in [0.5, 0.6) is 0 Å². The molecule has 32 heavy (non-hydrogen) atoms. The molecule has 1 aromatic rings. The summed E-state index contributed by atoms with van der Waals surface area (Å²) in [6.45, 7) is 0.239. The molecule has 2 aliphatic rings. The van der Waals surface area contributed by atoms with E-state index in [1.807, 2.05) is 0 Å². The van der Waals surface area contributed by atoms with Crippen LogP contribution in [0.2, 0.25) is 0 Å². The van der Waals surface area contributed by atoms with Crippen molar-refractivity contribution in [2.45, 2.75) is 51.8 Å². The summed E-state index contributed by atoms with van der Waals surface area (Å²) in [6.07, 6.45) is -0.187. The Kier molecular flexibility index (Phi) is 5.66. The van der Waals surface area contributed by atoms with Gasteiger partial charge in [0.25, 0.3) is 23.1 Å². The van der Waals surface area contributed by atoms with E-state index in [1.54, 1.807) is 6.07 Å². The zero-order valence-electron chi connectivity index (χ0n) is 16.9. The monoisotopic (exact) mass is 481 g/mol. The van der Waals surface area contributed by atoms with E-state index < -0.39 is 55.7 Å². The number of benzene rings is 1. The van der Waals surface area contributed by atoms with Gasteiger partial charge in [-0.15, -0.1) is 0 Å². The summed E-state index contributed by atoms with van der Waals surface area (Å²) in [5.74, 6) is -19.5. The van der Waals surface area contributed by atoms with Crippen molar-refractivity contribution in [3.63, 3.8) is 0 Å². The molecule has 0 radical (unpaired) electrons. The average molecular weight is 481 g/mol. The van der Waals surface area contributed by atoms with Crippen LogP contribution in [-0.4, -0.2) is 114 Å². The molecular weight excluding hydrogens is 454 g/mol. The maximum atomic E-state index is 13.8. The van der Waals surface area contributed by atoms with E-state index in [0.29, 0.717) is 12.0 Å². The van der Waals surface area contributed by atoms with Gasteiger partial charge in [-0.2, -0.15) is 0 Å². The summed E-state index contributed by atoms with van der Waals surface area (Å²) in [5.41, 5.74) is -1.62. The van der Waals surface area contributed by atoms with E-state index >= 15 is 0 Å². The molecule has 182 valence electrons. The van der Waals surface area contributed by atoms with Crippen molar-refractivity contribution < 1.29 is 60.0 Å². The van der Waals surface area contributed by atoms with Gasteiger partial charge in [-0.1, -0.05) is 12.1 Å². The maximum absolute atomic E-state index is 13.8. The van der Waals surface area contributed by atoms with E-state index in [9.17, 15) is 55.3 Å². The normalized spacial score (nSPS) is 37.4. The molecule has 3 rings (SSSR count). The van der Waals surface area contributed by atoms with Crippen molar-refractivity contribution in [1.29, 1.82) is 0 Å². The fraction of sp³-hybridized carbons (Fsp3) is 0.611. The quantitative estimate of drug-likeness (QED) is 0.139. The van der Waals surface area contributed by atoms with Gasteiger partial charge in [-0.3, -0.25) is 4.21 Å². The number of ether oxygens (including phenoxy) is 1. The number of fused-ring (bicyclic) bond motifs is 1. The minimum Gasteiger partial charge on any atom is -0.380 e. The van der Waals surface area contributed by atoms with Crippen molar-refractivity contribution in [2.24, 2.45) is 5.73 Å². The smallest absolute Gasteiger partial charge is 0.283 e. The van der Waals surface area contributed by atoms with E-state index in [-0.39, 0.29) is 16.8 Å². The molecule has 1 fully saturated rings. The molecule has 1 saturated carbocycles. The molecule has 0 amide bonds. The number of hydrogen-bond acceptors (Lipinski definition) is 13. The molecule has 0 aromatic heterocycles. The van der Waals surface area contributed by atoms with Crippen LogP contribution >= 0.6 is 0 Å². The largest absolute Gasteiger partial charge is 0.380 e. The second-order valence-electron chi connectivity index (χ2n) is 8.18. The number of hydrogen-bond donors (Lipinski definition) is 11. The molecule has 13 nitrogen and oxygen atoms in total. The predicted molar refractivity (Wildman–Crippen MR) is 106 cm³/mol. The summed E-state index contributed by atoms with van der Waals surface area (Å²) >= 11 is 0.